The Morgan fingerprint density at radius 3 is 3.00 bits per heavy atom. The molecule has 2 heterocycles. The lowest BCUT2D eigenvalue weighted by atomic mass is 9.92. The molecule has 1 aromatic heterocycles. The van der Waals surface area contributed by atoms with E-state index in [1.165, 1.54) is 0 Å². The van der Waals surface area contributed by atoms with Crippen molar-refractivity contribution in [3.63, 3.8) is 0 Å². The van der Waals surface area contributed by atoms with Crippen LogP contribution >= 0.6 is 0 Å². The minimum atomic E-state index is -0.708. The summed E-state index contributed by atoms with van der Waals surface area (Å²) in [5, 5.41) is 10.6. The summed E-state index contributed by atoms with van der Waals surface area (Å²) in [6, 6.07) is 9.65. The number of carboxylic acids is 1. The average Bonchev–Trinajstić information content (AvgIpc) is 2.49. The highest BCUT2D eigenvalue weighted by Gasteiger charge is 2.31. The van der Waals surface area contributed by atoms with E-state index in [0.717, 1.165) is 35.9 Å². The van der Waals surface area contributed by atoms with E-state index in [0.29, 0.717) is 12.5 Å². The molecule has 2 atom stereocenters. The van der Waals surface area contributed by atoms with Crippen molar-refractivity contribution in [3.8, 4) is 0 Å². The van der Waals surface area contributed by atoms with E-state index in [-0.39, 0.29) is 6.04 Å². The molecule has 1 fully saturated rings. The van der Waals surface area contributed by atoms with Crippen LogP contribution in [0, 0.1) is 5.92 Å². The molecule has 0 bridgehead atoms. The Bertz CT molecular complexity index is 651. The normalized spacial score (nSPS) is 23.3. The van der Waals surface area contributed by atoms with E-state index >= 15 is 0 Å². The summed E-state index contributed by atoms with van der Waals surface area (Å²) in [7, 11) is 0. The molecule has 3 rings (SSSR count). The maximum atomic E-state index is 11.5. The van der Waals surface area contributed by atoms with Crippen LogP contribution in [0.25, 0.3) is 10.9 Å². The molecule has 4 heteroatoms. The first-order valence-corrected chi connectivity index (χ1v) is 7.44. The average molecular weight is 284 g/mol. The molecule has 1 aliphatic rings. The Hall–Kier alpha value is -1.94. The molecule has 4 nitrogen and oxygen atoms in total. The van der Waals surface area contributed by atoms with Crippen molar-refractivity contribution < 1.29 is 9.90 Å². The van der Waals surface area contributed by atoms with Gasteiger partial charge in [-0.25, -0.2) is 0 Å². The second-order valence-corrected chi connectivity index (χ2v) is 5.94. The van der Waals surface area contributed by atoms with Crippen molar-refractivity contribution in [2.45, 2.75) is 32.4 Å². The smallest absolute Gasteiger partial charge is 0.320 e. The molecule has 1 N–H and O–H groups in total. The quantitative estimate of drug-likeness (QED) is 0.941. The second-order valence-electron chi connectivity index (χ2n) is 5.94. The van der Waals surface area contributed by atoms with Crippen LogP contribution < -0.4 is 0 Å². The van der Waals surface area contributed by atoms with E-state index in [2.05, 4.69) is 22.9 Å². The van der Waals surface area contributed by atoms with Crippen LogP contribution in [-0.2, 0) is 11.3 Å². The second kappa shape index (κ2) is 5.82. The predicted octanol–water partition coefficient (Wildman–Crippen LogP) is 2.92. The van der Waals surface area contributed by atoms with Gasteiger partial charge >= 0.3 is 5.97 Å². The highest BCUT2D eigenvalue weighted by atomic mass is 16.4. The third-order valence-corrected chi connectivity index (χ3v) is 4.37. The van der Waals surface area contributed by atoms with Gasteiger partial charge in [0.05, 0.1) is 5.52 Å². The van der Waals surface area contributed by atoms with Gasteiger partial charge in [0.1, 0.15) is 6.04 Å². The molecule has 2 aromatic rings. The van der Waals surface area contributed by atoms with Crippen LogP contribution in [0.1, 0.15) is 25.3 Å². The van der Waals surface area contributed by atoms with E-state index in [4.69, 9.17) is 0 Å². The molecular weight excluding hydrogens is 264 g/mol. The first-order valence-electron chi connectivity index (χ1n) is 7.44. The summed E-state index contributed by atoms with van der Waals surface area (Å²) in [4.78, 5) is 18.0. The van der Waals surface area contributed by atoms with Crippen molar-refractivity contribution in [3.05, 3.63) is 42.1 Å². The molecule has 21 heavy (non-hydrogen) atoms. The zero-order chi connectivity index (χ0) is 14.8. The molecule has 0 amide bonds. The number of nitrogens with zero attached hydrogens (tertiary/aromatic N) is 2. The van der Waals surface area contributed by atoms with Crippen LogP contribution in [0.4, 0.5) is 0 Å². The van der Waals surface area contributed by atoms with Gasteiger partial charge in [-0.3, -0.25) is 14.7 Å². The fourth-order valence-corrected chi connectivity index (χ4v) is 3.15. The number of pyridine rings is 1. The lowest BCUT2D eigenvalue weighted by molar-refractivity contribution is -0.145. The van der Waals surface area contributed by atoms with E-state index < -0.39 is 5.97 Å². The van der Waals surface area contributed by atoms with Crippen LogP contribution in [0.5, 0.6) is 0 Å². The number of aromatic nitrogens is 1. The largest absolute Gasteiger partial charge is 0.480 e. The van der Waals surface area contributed by atoms with Crippen LogP contribution in [0.15, 0.2) is 36.5 Å². The SMILES string of the molecule is CC1CCN(Cc2ccnc3ccccc23)C(C(=O)O)C1. The maximum Gasteiger partial charge on any atom is 0.320 e. The standard InChI is InChI=1S/C17H20N2O2/c1-12-7-9-19(16(10-12)17(20)21)11-13-6-8-18-15-5-3-2-4-14(13)15/h2-6,8,12,16H,7,9-11H2,1H3,(H,20,21). The molecule has 0 aliphatic carbocycles. The molecule has 1 aromatic carbocycles. The number of fused-ring (bicyclic) bond motifs is 1. The number of piperidine rings is 1. The van der Waals surface area contributed by atoms with Gasteiger partial charge in [0.25, 0.3) is 0 Å². The van der Waals surface area contributed by atoms with Gasteiger partial charge in [-0.15, -0.1) is 0 Å². The highest BCUT2D eigenvalue weighted by molar-refractivity contribution is 5.82. The Labute approximate surface area is 124 Å². The number of benzene rings is 1. The number of carbonyl (C=O) groups is 1. The number of hydrogen-bond donors (Lipinski definition) is 1. The van der Waals surface area contributed by atoms with Crippen molar-refractivity contribution >= 4 is 16.9 Å². The van der Waals surface area contributed by atoms with Gasteiger partial charge in [-0.05, 0) is 43.0 Å². The lowest BCUT2D eigenvalue weighted by Crippen LogP contribution is -2.46. The zero-order valence-corrected chi connectivity index (χ0v) is 12.2. The van der Waals surface area contributed by atoms with Gasteiger partial charge < -0.3 is 5.11 Å². The van der Waals surface area contributed by atoms with Crippen molar-refractivity contribution in [1.29, 1.82) is 0 Å². The van der Waals surface area contributed by atoms with Crippen LogP contribution in [0.2, 0.25) is 0 Å². The van der Waals surface area contributed by atoms with E-state index in [9.17, 15) is 9.90 Å². The van der Waals surface area contributed by atoms with Crippen LogP contribution in [0.3, 0.4) is 0 Å². The Morgan fingerprint density at radius 2 is 2.19 bits per heavy atom. The molecule has 1 saturated heterocycles. The summed E-state index contributed by atoms with van der Waals surface area (Å²) in [5.41, 5.74) is 2.12. The Morgan fingerprint density at radius 1 is 1.38 bits per heavy atom. The first kappa shape index (κ1) is 14.0. The Balaban J connectivity index is 1.88. The van der Waals surface area contributed by atoms with Gasteiger partial charge in [0, 0.05) is 18.1 Å². The zero-order valence-electron chi connectivity index (χ0n) is 12.2. The summed E-state index contributed by atoms with van der Waals surface area (Å²) in [6.45, 7) is 3.65. The molecule has 0 radical (unpaired) electrons. The fourth-order valence-electron chi connectivity index (χ4n) is 3.15. The predicted molar refractivity (Wildman–Crippen MR) is 82.0 cm³/mol. The third-order valence-electron chi connectivity index (χ3n) is 4.37. The lowest BCUT2D eigenvalue weighted by Gasteiger charge is -2.36. The van der Waals surface area contributed by atoms with Gasteiger partial charge in [0.15, 0.2) is 0 Å². The fraction of sp³-hybridized carbons (Fsp3) is 0.412. The molecule has 0 spiro atoms. The number of hydrogen-bond acceptors (Lipinski definition) is 3. The number of rotatable bonds is 3. The molecular formula is C17H20N2O2. The molecule has 2 unspecified atom stereocenters. The summed E-state index contributed by atoms with van der Waals surface area (Å²) < 4.78 is 0. The van der Waals surface area contributed by atoms with Gasteiger partial charge in [-0.2, -0.15) is 0 Å². The number of carboxylic acid groups (broad SMARTS) is 1. The van der Waals surface area contributed by atoms with Crippen molar-refractivity contribution in [2.24, 2.45) is 5.92 Å². The van der Waals surface area contributed by atoms with Crippen molar-refractivity contribution in [1.82, 2.24) is 9.88 Å². The number of para-hydroxylation sites is 1. The highest BCUT2D eigenvalue weighted by Crippen LogP contribution is 2.26. The monoisotopic (exact) mass is 284 g/mol. The number of aliphatic carboxylic acids is 1. The van der Waals surface area contributed by atoms with Crippen LogP contribution in [-0.4, -0.2) is 33.5 Å². The minimum absolute atomic E-state index is 0.374. The topological polar surface area (TPSA) is 53.4 Å². The third kappa shape index (κ3) is 2.90. The first-order chi connectivity index (χ1) is 10.1. The molecule has 1 aliphatic heterocycles. The summed E-state index contributed by atoms with van der Waals surface area (Å²) >= 11 is 0. The summed E-state index contributed by atoms with van der Waals surface area (Å²) in [6.07, 6.45) is 3.60. The molecule has 0 saturated carbocycles. The number of likely N-dealkylation sites (tertiary alicyclic amines) is 1. The minimum Gasteiger partial charge on any atom is -0.480 e. The molecule has 110 valence electrons. The summed E-state index contributed by atoms with van der Waals surface area (Å²) in [5.74, 6) is -0.226. The Kier molecular flexibility index (Phi) is 3.88. The van der Waals surface area contributed by atoms with E-state index in [1.54, 1.807) is 6.20 Å². The van der Waals surface area contributed by atoms with E-state index in [1.807, 2.05) is 24.3 Å². The van der Waals surface area contributed by atoms with Gasteiger partial charge in [-0.1, -0.05) is 25.1 Å². The van der Waals surface area contributed by atoms with Gasteiger partial charge in [0.2, 0.25) is 0 Å². The maximum absolute atomic E-state index is 11.5. The van der Waals surface area contributed by atoms with Crippen molar-refractivity contribution in [2.75, 3.05) is 6.54 Å².